The molecule has 0 fully saturated rings. The molecular formula is C23H27ClN5O5P. The molecule has 35 heavy (non-hydrogen) atoms. The van der Waals surface area contributed by atoms with Gasteiger partial charge in [0, 0.05) is 25.5 Å². The SMILES string of the molecule is COP(=O)(OC)c1ccccc1Nc1nc(Nc2ccc(C(=O)NOCC(C)C)cc2)ncc1Cl. The van der Waals surface area contributed by atoms with Crippen LogP contribution >= 0.6 is 19.2 Å². The van der Waals surface area contributed by atoms with E-state index in [0.717, 1.165) is 0 Å². The standard InChI is InChI=1S/C23H27ClN5O5P/c1-15(2)14-34-29-22(30)16-9-11-17(12-10-16)26-23-25-13-18(24)21(28-23)27-19-7-5-6-8-20(19)35(31,32-3)33-4/h5-13,15H,14H2,1-4H3,(H,29,30)(H2,25,26,27,28). The van der Waals surface area contributed by atoms with Crippen LogP contribution in [0, 0.1) is 5.92 Å². The lowest BCUT2D eigenvalue weighted by molar-refractivity contribution is 0.0208. The number of rotatable bonds is 11. The summed E-state index contributed by atoms with van der Waals surface area (Å²) in [5.74, 6) is 0.510. The van der Waals surface area contributed by atoms with Gasteiger partial charge in [0.25, 0.3) is 5.91 Å². The molecule has 0 saturated heterocycles. The van der Waals surface area contributed by atoms with Crippen LogP contribution in [0.25, 0.3) is 0 Å². The molecule has 0 atom stereocenters. The van der Waals surface area contributed by atoms with E-state index in [1.54, 1.807) is 48.5 Å². The van der Waals surface area contributed by atoms with Gasteiger partial charge < -0.3 is 19.7 Å². The molecule has 1 heterocycles. The number of halogens is 1. The zero-order valence-electron chi connectivity index (χ0n) is 19.7. The predicted octanol–water partition coefficient (Wildman–Crippen LogP) is 5.05. The summed E-state index contributed by atoms with van der Waals surface area (Å²) in [5, 5.41) is 6.72. The number of hydrogen-bond donors (Lipinski definition) is 3. The van der Waals surface area contributed by atoms with Crippen LogP contribution in [0.3, 0.4) is 0 Å². The van der Waals surface area contributed by atoms with E-state index < -0.39 is 7.60 Å². The molecule has 3 rings (SSSR count). The van der Waals surface area contributed by atoms with Gasteiger partial charge in [-0.25, -0.2) is 10.5 Å². The summed E-state index contributed by atoms with van der Waals surface area (Å²) < 4.78 is 23.2. The number of carbonyl (C=O) groups excluding carboxylic acids is 1. The van der Waals surface area contributed by atoms with Crippen LogP contribution in [-0.4, -0.2) is 36.7 Å². The lowest BCUT2D eigenvalue weighted by Gasteiger charge is -2.18. The first kappa shape index (κ1) is 26.6. The zero-order chi connectivity index (χ0) is 25.4. The molecule has 3 N–H and O–H groups in total. The van der Waals surface area contributed by atoms with Crippen LogP contribution in [0.15, 0.2) is 54.7 Å². The van der Waals surface area contributed by atoms with Crippen molar-refractivity contribution in [3.63, 3.8) is 0 Å². The highest BCUT2D eigenvalue weighted by atomic mass is 35.5. The number of nitrogens with one attached hydrogen (secondary N) is 3. The zero-order valence-corrected chi connectivity index (χ0v) is 21.4. The van der Waals surface area contributed by atoms with Gasteiger partial charge in [0.15, 0.2) is 5.82 Å². The first-order valence-corrected chi connectivity index (χ1v) is 12.6. The molecular weight excluding hydrogens is 493 g/mol. The molecule has 0 aliphatic rings. The fourth-order valence-corrected chi connectivity index (χ4v) is 4.27. The molecule has 0 radical (unpaired) electrons. The van der Waals surface area contributed by atoms with Crippen molar-refractivity contribution >= 4 is 53.5 Å². The fourth-order valence-electron chi connectivity index (χ4n) is 2.90. The Morgan fingerprint density at radius 1 is 1.06 bits per heavy atom. The van der Waals surface area contributed by atoms with E-state index in [-0.39, 0.29) is 22.7 Å². The number of aromatic nitrogens is 2. The summed E-state index contributed by atoms with van der Waals surface area (Å²) in [6, 6.07) is 13.6. The highest BCUT2D eigenvalue weighted by Gasteiger charge is 2.28. The van der Waals surface area contributed by atoms with Gasteiger partial charge in [-0.3, -0.25) is 14.2 Å². The summed E-state index contributed by atoms with van der Waals surface area (Å²) in [7, 11) is -0.894. The Bertz CT molecular complexity index is 1200. The van der Waals surface area contributed by atoms with Crippen molar-refractivity contribution in [2.24, 2.45) is 5.92 Å². The number of hydrogen-bond acceptors (Lipinski definition) is 9. The Labute approximate surface area is 208 Å². The van der Waals surface area contributed by atoms with E-state index in [9.17, 15) is 9.36 Å². The van der Waals surface area contributed by atoms with Crippen LogP contribution in [-0.2, 0) is 18.5 Å². The second-order valence-corrected chi connectivity index (χ2v) is 10.3. The van der Waals surface area contributed by atoms with Crippen LogP contribution in [0.2, 0.25) is 5.02 Å². The summed E-state index contributed by atoms with van der Waals surface area (Å²) in [6.45, 7) is 4.40. The average molecular weight is 520 g/mol. The molecule has 1 amide bonds. The van der Waals surface area contributed by atoms with Gasteiger partial charge >= 0.3 is 7.60 Å². The molecule has 0 unspecified atom stereocenters. The lowest BCUT2D eigenvalue weighted by Crippen LogP contribution is -2.25. The summed E-state index contributed by atoms with van der Waals surface area (Å²) in [4.78, 5) is 25.9. The smallest absolute Gasteiger partial charge is 0.338 e. The second-order valence-electron chi connectivity index (χ2n) is 7.73. The molecule has 186 valence electrons. The van der Waals surface area contributed by atoms with Crippen LogP contribution < -0.4 is 21.4 Å². The molecule has 0 aliphatic heterocycles. The van der Waals surface area contributed by atoms with Crippen molar-refractivity contribution < 1.29 is 23.2 Å². The maximum absolute atomic E-state index is 12.9. The van der Waals surface area contributed by atoms with Crippen molar-refractivity contribution in [3.8, 4) is 0 Å². The monoisotopic (exact) mass is 519 g/mol. The molecule has 10 nitrogen and oxygen atoms in total. The second kappa shape index (κ2) is 12.1. The minimum Gasteiger partial charge on any atom is -0.338 e. The van der Waals surface area contributed by atoms with Crippen molar-refractivity contribution in [2.75, 3.05) is 31.5 Å². The Morgan fingerprint density at radius 2 is 1.74 bits per heavy atom. The quantitative estimate of drug-likeness (QED) is 0.236. The Balaban J connectivity index is 1.74. The molecule has 0 saturated carbocycles. The highest BCUT2D eigenvalue weighted by Crippen LogP contribution is 2.47. The van der Waals surface area contributed by atoms with E-state index in [1.165, 1.54) is 20.4 Å². The number of anilines is 4. The summed E-state index contributed by atoms with van der Waals surface area (Å²) >= 11 is 6.30. The normalized spacial score (nSPS) is 11.4. The van der Waals surface area contributed by atoms with E-state index >= 15 is 0 Å². The molecule has 0 aliphatic carbocycles. The molecule has 0 bridgehead atoms. The predicted molar refractivity (Wildman–Crippen MR) is 136 cm³/mol. The lowest BCUT2D eigenvalue weighted by atomic mass is 10.2. The number of para-hydroxylation sites is 1. The highest BCUT2D eigenvalue weighted by molar-refractivity contribution is 7.62. The number of amides is 1. The summed E-state index contributed by atoms with van der Waals surface area (Å²) in [6.07, 6.45) is 1.43. The van der Waals surface area contributed by atoms with Gasteiger partial charge in [0.1, 0.15) is 5.02 Å². The van der Waals surface area contributed by atoms with Gasteiger partial charge in [0.05, 0.1) is 23.8 Å². The van der Waals surface area contributed by atoms with Crippen LogP contribution in [0.4, 0.5) is 23.1 Å². The van der Waals surface area contributed by atoms with Gasteiger partial charge in [-0.15, -0.1) is 0 Å². The van der Waals surface area contributed by atoms with Crippen molar-refractivity contribution in [1.82, 2.24) is 15.4 Å². The van der Waals surface area contributed by atoms with Crippen LogP contribution in [0.5, 0.6) is 0 Å². The Morgan fingerprint density at radius 3 is 2.40 bits per heavy atom. The fraction of sp³-hybridized carbons (Fsp3) is 0.261. The maximum atomic E-state index is 12.9. The number of benzene rings is 2. The minimum absolute atomic E-state index is 0.253. The third-order valence-electron chi connectivity index (χ3n) is 4.66. The van der Waals surface area contributed by atoms with E-state index in [2.05, 4.69) is 26.1 Å². The van der Waals surface area contributed by atoms with Gasteiger partial charge in [-0.05, 0) is 42.3 Å². The average Bonchev–Trinajstić information content (AvgIpc) is 2.86. The topological polar surface area (TPSA) is 124 Å². The van der Waals surface area contributed by atoms with Gasteiger partial charge in [0.2, 0.25) is 5.95 Å². The maximum Gasteiger partial charge on any atom is 0.362 e. The minimum atomic E-state index is -3.52. The van der Waals surface area contributed by atoms with Crippen molar-refractivity contribution in [1.29, 1.82) is 0 Å². The number of hydroxylamine groups is 1. The number of nitrogens with zero attached hydrogens (tertiary/aromatic N) is 2. The molecule has 12 heteroatoms. The molecule has 1 aromatic heterocycles. The van der Waals surface area contributed by atoms with Crippen LogP contribution in [0.1, 0.15) is 24.2 Å². The van der Waals surface area contributed by atoms with Crippen molar-refractivity contribution in [2.45, 2.75) is 13.8 Å². The third-order valence-corrected chi connectivity index (χ3v) is 6.88. The molecule has 3 aromatic rings. The van der Waals surface area contributed by atoms with Gasteiger partial charge in [-0.1, -0.05) is 37.6 Å². The van der Waals surface area contributed by atoms with E-state index in [0.29, 0.717) is 34.8 Å². The molecule has 0 spiro atoms. The van der Waals surface area contributed by atoms with E-state index in [4.69, 9.17) is 25.5 Å². The third kappa shape index (κ3) is 7.00. The van der Waals surface area contributed by atoms with Crippen molar-refractivity contribution in [3.05, 3.63) is 65.3 Å². The molecule has 2 aromatic carbocycles. The first-order valence-electron chi connectivity index (χ1n) is 10.7. The Kier molecular flexibility index (Phi) is 9.20. The number of carbonyl (C=O) groups is 1. The first-order chi connectivity index (χ1) is 16.8. The Hall–Kier alpha value is -3.01. The summed E-state index contributed by atoms with van der Waals surface area (Å²) in [5.41, 5.74) is 3.97. The van der Waals surface area contributed by atoms with Gasteiger partial charge in [-0.2, -0.15) is 4.98 Å². The van der Waals surface area contributed by atoms with E-state index in [1.807, 2.05) is 13.8 Å². The largest absolute Gasteiger partial charge is 0.362 e.